The first kappa shape index (κ1) is 30.8. The minimum absolute atomic E-state index is 0.000164. The molecule has 0 unspecified atom stereocenters. The number of fused-ring (bicyclic) bond motifs is 1. The predicted molar refractivity (Wildman–Crippen MR) is 166 cm³/mol. The second-order valence-electron chi connectivity index (χ2n) is 11.0. The van der Waals surface area contributed by atoms with Crippen LogP contribution < -0.4 is 10.6 Å². The van der Waals surface area contributed by atoms with Crippen LogP contribution in [0.1, 0.15) is 12.5 Å². The number of ether oxygens (including phenoxy) is 1. The van der Waals surface area contributed by atoms with Gasteiger partial charge in [-0.05, 0) is 49.8 Å². The molecule has 2 aromatic heterocycles. The standard InChI is InChI=1S/C31H28ClF2N5O5S/c1-4-25(40)37-11-12-38(18(3)14-37)29-20-13-23(34)27(26-21(32)8-6-9-22(26)33)35-30(20)39(31(41)36-29)28-17(2)7-5-10-24(28)45(42,43)19-15-44-16-19/h4-10,13,18-19H,1,11-12,14-16H2,2-3H3/t18-/m0/s1. The van der Waals surface area contributed by atoms with Gasteiger partial charge in [0.2, 0.25) is 5.91 Å². The van der Waals surface area contributed by atoms with Gasteiger partial charge in [0.05, 0.1) is 39.8 Å². The summed E-state index contributed by atoms with van der Waals surface area (Å²) < 4.78 is 64.6. The zero-order valence-electron chi connectivity index (χ0n) is 24.3. The number of para-hydroxylation sites is 1. The zero-order valence-corrected chi connectivity index (χ0v) is 25.9. The van der Waals surface area contributed by atoms with Crippen LogP contribution in [0, 0.1) is 18.6 Å². The third kappa shape index (κ3) is 5.18. The Morgan fingerprint density at radius 1 is 1.11 bits per heavy atom. The number of amides is 1. The molecule has 4 aromatic rings. The van der Waals surface area contributed by atoms with Gasteiger partial charge >= 0.3 is 5.69 Å². The maximum atomic E-state index is 16.0. The lowest BCUT2D eigenvalue weighted by Gasteiger charge is -2.40. The van der Waals surface area contributed by atoms with Crippen LogP contribution in [0.4, 0.5) is 14.6 Å². The summed E-state index contributed by atoms with van der Waals surface area (Å²) in [4.78, 5) is 38.4. The summed E-state index contributed by atoms with van der Waals surface area (Å²) >= 11 is 6.30. The molecule has 0 spiro atoms. The molecule has 2 aliphatic heterocycles. The largest absolute Gasteiger partial charge is 0.379 e. The van der Waals surface area contributed by atoms with Crippen molar-refractivity contribution < 1.29 is 26.7 Å². The number of pyridine rings is 1. The molecule has 14 heteroatoms. The molecule has 1 atom stereocenters. The molecule has 4 heterocycles. The Hall–Kier alpha value is -4.20. The normalized spacial score (nSPS) is 17.4. The molecule has 6 rings (SSSR count). The number of hydrogen-bond acceptors (Lipinski definition) is 8. The number of piperazine rings is 1. The molecule has 234 valence electrons. The fraction of sp³-hybridized carbons (Fsp3) is 0.290. The average Bonchev–Trinajstić information content (AvgIpc) is 2.96. The number of benzene rings is 2. The Bertz CT molecular complexity index is 2030. The van der Waals surface area contributed by atoms with Gasteiger partial charge in [-0.15, -0.1) is 0 Å². The van der Waals surface area contributed by atoms with Crippen molar-refractivity contribution in [1.82, 2.24) is 19.4 Å². The highest BCUT2D eigenvalue weighted by Crippen LogP contribution is 2.37. The van der Waals surface area contributed by atoms with Crippen molar-refractivity contribution in [2.24, 2.45) is 0 Å². The molecule has 1 amide bonds. The van der Waals surface area contributed by atoms with E-state index in [9.17, 15) is 18.0 Å². The summed E-state index contributed by atoms with van der Waals surface area (Å²) in [5.74, 6) is -1.93. The summed E-state index contributed by atoms with van der Waals surface area (Å²) in [6.45, 7) is 7.81. The van der Waals surface area contributed by atoms with E-state index < -0.39 is 38.1 Å². The molecular formula is C31H28ClF2N5O5S. The van der Waals surface area contributed by atoms with Crippen LogP contribution >= 0.6 is 11.6 Å². The van der Waals surface area contributed by atoms with E-state index in [1.54, 1.807) is 28.9 Å². The van der Waals surface area contributed by atoms with Crippen LogP contribution in [-0.4, -0.2) is 77.9 Å². The van der Waals surface area contributed by atoms with Crippen molar-refractivity contribution in [1.29, 1.82) is 0 Å². The first-order chi connectivity index (χ1) is 21.4. The fourth-order valence-corrected chi connectivity index (χ4v) is 7.70. The first-order valence-corrected chi connectivity index (χ1v) is 16.0. The molecule has 45 heavy (non-hydrogen) atoms. The van der Waals surface area contributed by atoms with Crippen molar-refractivity contribution in [3.63, 3.8) is 0 Å². The van der Waals surface area contributed by atoms with Gasteiger partial charge in [0.25, 0.3) is 0 Å². The van der Waals surface area contributed by atoms with Crippen LogP contribution in [0.3, 0.4) is 0 Å². The van der Waals surface area contributed by atoms with E-state index in [0.717, 1.165) is 16.7 Å². The maximum absolute atomic E-state index is 16.0. The number of hydrogen-bond donors (Lipinski definition) is 0. The van der Waals surface area contributed by atoms with E-state index in [1.165, 1.54) is 24.3 Å². The van der Waals surface area contributed by atoms with Crippen LogP contribution in [0.15, 0.2) is 64.8 Å². The number of nitrogens with zero attached hydrogens (tertiary/aromatic N) is 5. The Kier molecular flexibility index (Phi) is 7.96. The maximum Gasteiger partial charge on any atom is 0.355 e. The zero-order chi connectivity index (χ0) is 32.2. The minimum Gasteiger partial charge on any atom is -0.379 e. The first-order valence-electron chi connectivity index (χ1n) is 14.1. The summed E-state index contributed by atoms with van der Waals surface area (Å²) in [5.41, 5.74) is -1.39. The van der Waals surface area contributed by atoms with Crippen LogP contribution in [0.25, 0.3) is 28.0 Å². The van der Waals surface area contributed by atoms with E-state index >= 15 is 8.78 Å². The van der Waals surface area contributed by atoms with Crippen molar-refractivity contribution in [2.45, 2.75) is 30.0 Å². The summed E-state index contributed by atoms with van der Waals surface area (Å²) in [6.07, 6.45) is 1.22. The van der Waals surface area contributed by atoms with Crippen LogP contribution in [0.2, 0.25) is 5.02 Å². The van der Waals surface area contributed by atoms with E-state index in [1.807, 2.05) is 6.92 Å². The second kappa shape index (κ2) is 11.6. The molecular weight excluding hydrogens is 628 g/mol. The Labute approximate surface area is 262 Å². The van der Waals surface area contributed by atoms with Crippen molar-refractivity contribution in [3.05, 3.63) is 87.8 Å². The number of carbonyl (C=O) groups excluding carboxylic acids is 1. The van der Waals surface area contributed by atoms with Gasteiger partial charge in [0.1, 0.15) is 22.6 Å². The molecule has 10 nitrogen and oxygen atoms in total. The minimum atomic E-state index is -3.98. The van der Waals surface area contributed by atoms with Gasteiger partial charge < -0.3 is 14.5 Å². The molecule has 2 fully saturated rings. The number of halogens is 3. The number of aromatic nitrogens is 3. The van der Waals surface area contributed by atoms with E-state index in [0.29, 0.717) is 5.56 Å². The predicted octanol–water partition coefficient (Wildman–Crippen LogP) is 4.08. The van der Waals surface area contributed by atoms with Gasteiger partial charge in [-0.2, -0.15) is 4.98 Å². The highest BCUT2D eigenvalue weighted by Gasteiger charge is 2.37. The lowest BCUT2D eigenvalue weighted by molar-refractivity contribution is -0.126. The molecule has 2 aromatic carbocycles. The van der Waals surface area contributed by atoms with E-state index in [4.69, 9.17) is 16.3 Å². The number of aryl methyl sites for hydroxylation is 1. The third-order valence-corrected chi connectivity index (χ3v) is 10.6. The Morgan fingerprint density at radius 2 is 1.84 bits per heavy atom. The molecule has 0 N–H and O–H groups in total. The second-order valence-corrected chi connectivity index (χ2v) is 13.6. The van der Waals surface area contributed by atoms with Gasteiger partial charge in [-0.25, -0.2) is 31.5 Å². The number of carbonyl (C=O) groups is 1. The van der Waals surface area contributed by atoms with Crippen molar-refractivity contribution in [3.8, 4) is 16.9 Å². The smallest absolute Gasteiger partial charge is 0.355 e. The summed E-state index contributed by atoms with van der Waals surface area (Å²) in [6, 6.07) is 9.18. The number of sulfone groups is 1. The fourth-order valence-electron chi connectivity index (χ4n) is 5.75. The van der Waals surface area contributed by atoms with Crippen molar-refractivity contribution >= 4 is 44.2 Å². The lowest BCUT2D eigenvalue weighted by Crippen LogP contribution is -2.54. The number of anilines is 1. The summed E-state index contributed by atoms with van der Waals surface area (Å²) in [7, 11) is -3.98. The SMILES string of the molecule is C=CC(=O)N1CCN(c2nc(=O)n(-c3c(C)cccc3S(=O)(=O)C3COC3)c3nc(-c4c(F)cccc4Cl)c(F)cc23)[C@@H](C)C1. The molecule has 0 aliphatic carbocycles. The third-order valence-electron chi connectivity index (χ3n) is 8.16. The lowest BCUT2D eigenvalue weighted by atomic mass is 10.1. The van der Waals surface area contributed by atoms with Gasteiger partial charge in [0.15, 0.2) is 21.3 Å². The highest BCUT2D eigenvalue weighted by molar-refractivity contribution is 7.92. The van der Waals surface area contributed by atoms with Crippen LogP contribution in [0.5, 0.6) is 0 Å². The van der Waals surface area contributed by atoms with E-state index in [2.05, 4.69) is 16.5 Å². The molecule has 2 saturated heterocycles. The average molecular weight is 656 g/mol. The van der Waals surface area contributed by atoms with E-state index in [-0.39, 0.29) is 82.8 Å². The monoisotopic (exact) mass is 655 g/mol. The van der Waals surface area contributed by atoms with Crippen molar-refractivity contribution in [2.75, 3.05) is 37.7 Å². The quantitative estimate of drug-likeness (QED) is 0.286. The number of rotatable bonds is 6. The molecule has 2 aliphatic rings. The highest BCUT2D eigenvalue weighted by atomic mass is 35.5. The Balaban J connectivity index is 1.66. The van der Waals surface area contributed by atoms with Gasteiger partial charge in [-0.3, -0.25) is 4.79 Å². The van der Waals surface area contributed by atoms with Gasteiger partial charge in [0, 0.05) is 25.7 Å². The molecule has 0 bridgehead atoms. The molecule has 0 radical (unpaired) electrons. The summed E-state index contributed by atoms with van der Waals surface area (Å²) in [5, 5.41) is -0.845. The topological polar surface area (TPSA) is 115 Å². The van der Waals surface area contributed by atoms with Gasteiger partial charge in [-0.1, -0.05) is 36.4 Å². The van der Waals surface area contributed by atoms with Crippen LogP contribution in [-0.2, 0) is 19.4 Å². The molecule has 0 saturated carbocycles. The Morgan fingerprint density at radius 3 is 2.49 bits per heavy atom.